The molecular weight excluding hydrogens is 408 g/mol. The summed E-state index contributed by atoms with van der Waals surface area (Å²) in [6, 6.07) is 14.8. The normalized spacial score (nSPS) is 17.1. The minimum absolute atomic E-state index is 0.797. The maximum absolute atomic E-state index is 5.46. The van der Waals surface area contributed by atoms with Crippen LogP contribution in [0.2, 0.25) is 0 Å². The first kappa shape index (κ1) is 20.1. The molecule has 160 valence electrons. The Hall–Kier alpha value is -2.81. The molecule has 31 heavy (non-hydrogen) atoms. The summed E-state index contributed by atoms with van der Waals surface area (Å²) in [6.07, 6.45) is 1.07. The van der Waals surface area contributed by atoms with Crippen LogP contribution < -0.4 is 10.6 Å². The summed E-state index contributed by atoms with van der Waals surface area (Å²) in [5.41, 5.74) is 5.13. The molecule has 0 atom stereocenters. The van der Waals surface area contributed by atoms with E-state index in [-0.39, 0.29) is 0 Å². The van der Waals surface area contributed by atoms with Crippen molar-refractivity contribution in [3.63, 3.8) is 0 Å². The second-order valence-corrected chi connectivity index (χ2v) is 8.53. The summed E-state index contributed by atoms with van der Waals surface area (Å²) in [7, 11) is 0. The second kappa shape index (κ2) is 9.55. The molecule has 0 aliphatic carbocycles. The smallest absolute Gasteiger partial charge is 0.197 e. The van der Waals surface area contributed by atoms with Crippen LogP contribution in [-0.4, -0.2) is 60.2 Å². The lowest BCUT2D eigenvalue weighted by atomic mass is 10.1. The van der Waals surface area contributed by atoms with Crippen LogP contribution in [0.3, 0.4) is 0 Å². The van der Waals surface area contributed by atoms with Crippen LogP contribution in [0.5, 0.6) is 0 Å². The van der Waals surface area contributed by atoms with Gasteiger partial charge in [-0.15, -0.1) is 11.3 Å². The molecule has 4 heterocycles. The number of benzene rings is 1. The molecule has 0 spiro atoms. The van der Waals surface area contributed by atoms with Crippen molar-refractivity contribution in [3.05, 3.63) is 53.4 Å². The number of pyridine rings is 1. The third-order valence-electron chi connectivity index (χ3n) is 5.37. The molecule has 7 nitrogen and oxygen atoms in total. The zero-order valence-corrected chi connectivity index (χ0v) is 18.2. The Kier molecular flexibility index (Phi) is 6.20. The van der Waals surface area contributed by atoms with Crippen LogP contribution in [0.4, 0.5) is 5.13 Å². The number of anilines is 1. The maximum atomic E-state index is 5.46. The van der Waals surface area contributed by atoms with Crippen LogP contribution in [0.1, 0.15) is 12.0 Å². The van der Waals surface area contributed by atoms with Crippen LogP contribution in [0.15, 0.2) is 52.8 Å². The fourth-order valence-electron chi connectivity index (χ4n) is 3.75. The average molecular weight is 435 g/mol. The average Bonchev–Trinajstić information content (AvgIpc) is 3.29. The third kappa shape index (κ3) is 5.10. The van der Waals surface area contributed by atoms with Crippen LogP contribution >= 0.6 is 11.3 Å². The monoisotopic (exact) mass is 434 g/mol. The Labute approximate surface area is 186 Å². The number of aromatic nitrogens is 2. The van der Waals surface area contributed by atoms with Crippen molar-refractivity contribution in [3.8, 4) is 22.6 Å². The molecule has 2 N–H and O–H groups in total. The SMILES string of the molecule is c1cc(CN2CCOCC2)cc(-c2cccc(-c3csc(NC4=NCCCN4)n3)n2)c1. The summed E-state index contributed by atoms with van der Waals surface area (Å²) in [5.74, 6) is 0.797. The molecule has 1 fully saturated rings. The van der Waals surface area contributed by atoms with E-state index < -0.39 is 0 Å². The fourth-order valence-corrected chi connectivity index (χ4v) is 4.45. The van der Waals surface area contributed by atoms with E-state index in [4.69, 9.17) is 14.7 Å². The first-order valence-corrected chi connectivity index (χ1v) is 11.6. The summed E-state index contributed by atoms with van der Waals surface area (Å²) in [5, 5.41) is 9.39. The van der Waals surface area contributed by atoms with E-state index in [9.17, 15) is 0 Å². The van der Waals surface area contributed by atoms with Gasteiger partial charge in [0.25, 0.3) is 0 Å². The largest absolute Gasteiger partial charge is 0.379 e. The highest BCUT2D eigenvalue weighted by Gasteiger charge is 2.13. The van der Waals surface area contributed by atoms with Crippen molar-refractivity contribution in [2.24, 2.45) is 4.99 Å². The molecule has 3 aromatic rings. The number of aliphatic imine (C=N–C) groups is 1. The van der Waals surface area contributed by atoms with Crippen molar-refractivity contribution in [2.75, 3.05) is 44.7 Å². The van der Waals surface area contributed by atoms with Gasteiger partial charge in [0.05, 0.1) is 24.6 Å². The van der Waals surface area contributed by atoms with Gasteiger partial charge in [0.15, 0.2) is 11.1 Å². The first-order chi connectivity index (χ1) is 15.3. The predicted molar refractivity (Wildman–Crippen MR) is 125 cm³/mol. The number of nitrogens with zero attached hydrogens (tertiary/aromatic N) is 4. The zero-order chi connectivity index (χ0) is 20.9. The highest BCUT2D eigenvalue weighted by atomic mass is 32.1. The van der Waals surface area contributed by atoms with Gasteiger partial charge in [-0.05, 0) is 30.2 Å². The molecule has 5 rings (SSSR count). The zero-order valence-electron chi connectivity index (χ0n) is 17.4. The Morgan fingerprint density at radius 3 is 2.77 bits per heavy atom. The third-order valence-corrected chi connectivity index (χ3v) is 6.13. The maximum Gasteiger partial charge on any atom is 0.197 e. The lowest BCUT2D eigenvalue weighted by Crippen LogP contribution is -2.35. The minimum Gasteiger partial charge on any atom is -0.379 e. The molecule has 8 heteroatoms. The summed E-state index contributed by atoms with van der Waals surface area (Å²) >= 11 is 1.56. The molecule has 0 bridgehead atoms. The van der Waals surface area contributed by atoms with E-state index in [0.29, 0.717) is 0 Å². The Bertz CT molecular complexity index is 1060. The topological polar surface area (TPSA) is 74.7 Å². The van der Waals surface area contributed by atoms with Gasteiger partial charge in [0.2, 0.25) is 0 Å². The predicted octanol–water partition coefficient (Wildman–Crippen LogP) is 3.47. The molecule has 0 radical (unpaired) electrons. The molecular formula is C23H26N6OS. The summed E-state index contributed by atoms with van der Waals surface area (Å²) in [4.78, 5) is 16.5. The van der Waals surface area contributed by atoms with Gasteiger partial charge in [-0.1, -0.05) is 24.3 Å². The first-order valence-electron chi connectivity index (χ1n) is 10.7. The van der Waals surface area contributed by atoms with Crippen LogP contribution in [0, 0.1) is 0 Å². The van der Waals surface area contributed by atoms with E-state index in [0.717, 1.165) is 86.1 Å². The Balaban J connectivity index is 1.32. The van der Waals surface area contributed by atoms with E-state index >= 15 is 0 Å². The number of rotatable bonds is 5. The lowest BCUT2D eigenvalue weighted by Gasteiger charge is -2.26. The van der Waals surface area contributed by atoms with Gasteiger partial charge in [-0.3, -0.25) is 9.89 Å². The number of guanidine groups is 1. The number of ether oxygens (including phenoxy) is 1. The van der Waals surface area contributed by atoms with Gasteiger partial charge < -0.3 is 15.4 Å². The van der Waals surface area contributed by atoms with Gasteiger partial charge in [-0.2, -0.15) is 0 Å². The van der Waals surface area contributed by atoms with Crippen LogP contribution in [-0.2, 0) is 11.3 Å². The van der Waals surface area contributed by atoms with E-state index in [1.807, 2.05) is 17.5 Å². The van der Waals surface area contributed by atoms with Gasteiger partial charge >= 0.3 is 0 Å². The summed E-state index contributed by atoms with van der Waals surface area (Å²) < 4.78 is 5.46. The number of thiazole rings is 1. The molecule has 2 aromatic heterocycles. The van der Waals surface area contributed by atoms with Gasteiger partial charge in [0.1, 0.15) is 5.69 Å². The second-order valence-electron chi connectivity index (χ2n) is 7.67. The molecule has 0 saturated carbocycles. The summed E-state index contributed by atoms with van der Waals surface area (Å²) in [6.45, 7) is 6.34. The fraction of sp³-hybridized carbons (Fsp3) is 0.348. The molecule has 0 unspecified atom stereocenters. The lowest BCUT2D eigenvalue weighted by molar-refractivity contribution is 0.0342. The molecule has 1 aromatic carbocycles. The molecule has 2 aliphatic rings. The van der Waals surface area contributed by atoms with Crippen LogP contribution in [0.25, 0.3) is 22.6 Å². The molecule has 1 saturated heterocycles. The van der Waals surface area contributed by atoms with E-state index in [2.05, 4.69) is 50.9 Å². The van der Waals surface area contributed by atoms with Crippen molar-refractivity contribution in [2.45, 2.75) is 13.0 Å². The number of nitrogens with one attached hydrogen (secondary N) is 2. The van der Waals surface area contributed by atoms with E-state index in [1.165, 1.54) is 5.56 Å². The van der Waals surface area contributed by atoms with Crippen molar-refractivity contribution in [1.29, 1.82) is 0 Å². The Morgan fingerprint density at radius 2 is 1.90 bits per heavy atom. The van der Waals surface area contributed by atoms with Gasteiger partial charge in [0, 0.05) is 43.7 Å². The highest BCUT2D eigenvalue weighted by Crippen LogP contribution is 2.26. The van der Waals surface area contributed by atoms with Crippen molar-refractivity contribution >= 4 is 22.4 Å². The number of hydrogen-bond donors (Lipinski definition) is 2. The number of morpholine rings is 1. The van der Waals surface area contributed by atoms with E-state index in [1.54, 1.807) is 11.3 Å². The minimum atomic E-state index is 0.797. The Morgan fingerprint density at radius 1 is 1.03 bits per heavy atom. The standard InChI is InChI=1S/C23H26N6OS/c1-4-17(15-29-10-12-30-13-11-29)14-18(5-1)19-6-2-7-20(26-19)21-16-31-23(27-21)28-22-24-8-3-9-25-22/h1-2,4-7,14,16H,3,8-13,15H2,(H2,24,25,27,28). The van der Waals surface area contributed by atoms with Gasteiger partial charge in [-0.25, -0.2) is 9.97 Å². The highest BCUT2D eigenvalue weighted by molar-refractivity contribution is 7.14. The molecule has 0 amide bonds. The van der Waals surface area contributed by atoms with Crippen molar-refractivity contribution < 1.29 is 4.74 Å². The quantitative estimate of drug-likeness (QED) is 0.641. The van der Waals surface area contributed by atoms with Crippen molar-refractivity contribution in [1.82, 2.24) is 20.2 Å². The molecule has 2 aliphatic heterocycles. The number of hydrogen-bond acceptors (Lipinski definition) is 8.